The van der Waals surface area contributed by atoms with Crippen LogP contribution in [0.25, 0.3) is 22.0 Å². The van der Waals surface area contributed by atoms with Gasteiger partial charge in [0.05, 0.1) is 11.9 Å². The van der Waals surface area contributed by atoms with Crippen molar-refractivity contribution in [3.63, 3.8) is 0 Å². The molecule has 114 valence electrons. The molecule has 3 aromatic rings. The van der Waals surface area contributed by atoms with Crippen LogP contribution in [0.1, 0.15) is 25.1 Å². The fourth-order valence-electron chi connectivity index (χ4n) is 2.76. The summed E-state index contributed by atoms with van der Waals surface area (Å²) in [5.74, 6) is 1.09. The van der Waals surface area contributed by atoms with Crippen LogP contribution in [0.4, 0.5) is 0 Å². The minimum atomic E-state index is 1.03. The molecule has 0 aliphatic heterocycles. The van der Waals surface area contributed by atoms with Crippen molar-refractivity contribution < 1.29 is 0 Å². The molecular formula is C19H23N3. The van der Waals surface area contributed by atoms with Gasteiger partial charge in [-0.1, -0.05) is 42.8 Å². The van der Waals surface area contributed by atoms with Gasteiger partial charge in [-0.15, -0.1) is 0 Å². The quantitative estimate of drug-likeness (QED) is 0.642. The van der Waals surface area contributed by atoms with Crippen molar-refractivity contribution >= 4 is 10.8 Å². The first-order chi connectivity index (χ1) is 10.9. The number of aromatic nitrogens is 2. The number of hydrogen-bond acceptors (Lipinski definition) is 2. The average molecular weight is 293 g/mol. The minimum absolute atomic E-state index is 1.03. The number of nitrogens with one attached hydrogen (secondary N) is 2. The Morgan fingerprint density at radius 1 is 1.00 bits per heavy atom. The molecule has 0 saturated heterocycles. The first-order valence-corrected chi connectivity index (χ1v) is 8.04. The van der Waals surface area contributed by atoms with Crippen LogP contribution in [0.15, 0.2) is 48.7 Å². The lowest BCUT2D eigenvalue weighted by atomic mass is 10.1. The summed E-state index contributed by atoms with van der Waals surface area (Å²) in [5, 5.41) is 5.72. The third kappa shape index (κ3) is 3.55. The zero-order chi connectivity index (χ0) is 15.2. The highest BCUT2D eigenvalue weighted by Crippen LogP contribution is 2.23. The zero-order valence-corrected chi connectivity index (χ0v) is 13.1. The summed E-state index contributed by atoms with van der Waals surface area (Å²) in [6.45, 7) is 1.10. The Kier molecular flexibility index (Phi) is 4.86. The SMILES string of the molecule is CNCCCCCc1ncc(-c2ccc3ccccc3c2)[nH]1. The van der Waals surface area contributed by atoms with E-state index in [1.807, 2.05) is 13.2 Å². The highest BCUT2D eigenvalue weighted by atomic mass is 14.9. The van der Waals surface area contributed by atoms with Gasteiger partial charge in [0, 0.05) is 12.0 Å². The monoisotopic (exact) mass is 293 g/mol. The van der Waals surface area contributed by atoms with E-state index in [9.17, 15) is 0 Å². The predicted octanol–water partition coefficient (Wildman–Crippen LogP) is 4.16. The molecule has 2 N–H and O–H groups in total. The Hall–Kier alpha value is -2.13. The van der Waals surface area contributed by atoms with Crippen molar-refractivity contribution in [2.45, 2.75) is 25.7 Å². The van der Waals surface area contributed by atoms with Gasteiger partial charge in [-0.3, -0.25) is 0 Å². The Labute approximate surface area is 131 Å². The standard InChI is InChI=1S/C19H23N3/c1-20-12-6-2-3-9-19-21-14-18(22-19)17-11-10-15-7-4-5-8-16(15)13-17/h4-5,7-8,10-11,13-14,20H,2-3,6,9,12H2,1H3,(H,21,22). The lowest BCUT2D eigenvalue weighted by Crippen LogP contribution is -2.07. The van der Waals surface area contributed by atoms with Gasteiger partial charge in [0.25, 0.3) is 0 Å². The molecular weight excluding hydrogens is 270 g/mol. The molecule has 0 atom stereocenters. The van der Waals surface area contributed by atoms with Crippen LogP contribution in [-0.2, 0) is 6.42 Å². The zero-order valence-electron chi connectivity index (χ0n) is 13.1. The predicted molar refractivity (Wildman–Crippen MR) is 93.0 cm³/mol. The fourth-order valence-corrected chi connectivity index (χ4v) is 2.76. The smallest absolute Gasteiger partial charge is 0.106 e. The molecule has 0 spiro atoms. The van der Waals surface area contributed by atoms with Crippen LogP contribution in [0, 0.1) is 0 Å². The van der Waals surface area contributed by atoms with Crippen molar-refractivity contribution in [2.24, 2.45) is 0 Å². The third-order valence-electron chi connectivity index (χ3n) is 4.03. The van der Waals surface area contributed by atoms with Gasteiger partial charge < -0.3 is 10.3 Å². The lowest BCUT2D eigenvalue weighted by Gasteiger charge is -2.02. The average Bonchev–Trinajstić information content (AvgIpc) is 3.03. The molecule has 3 heteroatoms. The minimum Gasteiger partial charge on any atom is -0.342 e. The molecule has 1 aromatic heterocycles. The highest BCUT2D eigenvalue weighted by molar-refractivity contribution is 5.86. The fraction of sp³-hybridized carbons (Fsp3) is 0.316. The van der Waals surface area contributed by atoms with Crippen molar-refractivity contribution in [1.82, 2.24) is 15.3 Å². The first kappa shape index (κ1) is 14.8. The van der Waals surface area contributed by atoms with Crippen molar-refractivity contribution in [2.75, 3.05) is 13.6 Å². The van der Waals surface area contributed by atoms with E-state index in [1.165, 1.54) is 35.6 Å². The van der Waals surface area contributed by atoms with Crippen LogP contribution in [0.5, 0.6) is 0 Å². The van der Waals surface area contributed by atoms with Crippen molar-refractivity contribution in [1.29, 1.82) is 0 Å². The molecule has 0 amide bonds. The maximum absolute atomic E-state index is 4.52. The third-order valence-corrected chi connectivity index (χ3v) is 4.03. The van der Waals surface area contributed by atoms with E-state index in [4.69, 9.17) is 0 Å². The summed E-state index contributed by atoms with van der Waals surface area (Å²) >= 11 is 0. The number of benzene rings is 2. The Bertz CT molecular complexity index is 730. The van der Waals surface area contributed by atoms with Crippen molar-refractivity contribution in [3.05, 3.63) is 54.5 Å². The molecule has 0 aliphatic rings. The number of fused-ring (bicyclic) bond motifs is 1. The normalized spacial score (nSPS) is 11.1. The summed E-state index contributed by atoms with van der Waals surface area (Å²) in [7, 11) is 2.00. The van der Waals surface area contributed by atoms with Gasteiger partial charge in [0.15, 0.2) is 0 Å². The maximum atomic E-state index is 4.52. The van der Waals surface area contributed by atoms with E-state index in [0.717, 1.165) is 24.5 Å². The van der Waals surface area contributed by atoms with E-state index in [1.54, 1.807) is 0 Å². The highest BCUT2D eigenvalue weighted by Gasteiger charge is 2.04. The Balaban J connectivity index is 1.66. The lowest BCUT2D eigenvalue weighted by molar-refractivity contribution is 0.634. The molecule has 0 radical (unpaired) electrons. The van der Waals surface area contributed by atoms with Crippen LogP contribution in [0.2, 0.25) is 0 Å². The molecule has 0 aliphatic carbocycles. The molecule has 0 bridgehead atoms. The Morgan fingerprint density at radius 2 is 1.86 bits per heavy atom. The van der Waals surface area contributed by atoms with Gasteiger partial charge in [-0.25, -0.2) is 4.98 Å². The van der Waals surface area contributed by atoms with Gasteiger partial charge in [0.1, 0.15) is 5.82 Å². The molecule has 3 rings (SSSR count). The molecule has 0 saturated carbocycles. The van der Waals surface area contributed by atoms with E-state index >= 15 is 0 Å². The van der Waals surface area contributed by atoms with Crippen LogP contribution in [-0.4, -0.2) is 23.6 Å². The topological polar surface area (TPSA) is 40.7 Å². The molecule has 22 heavy (non-hydrogen) atoms. The summed E-state index contributed by atoms with van der Waals surface area (Å²) in [6, 6.07) is 15.0. The number of unbranched alkanes of at least 4 members (excludes halogenated alkanes) is 2. The van der Waals surface area contributed by atoms with E-state index in [2.05, 4.69) is 57.7 Å². The second-order valence-electron chi connectivity index (χ2n) is 5.72. The number of imidazole rings is 1. The summed E-state index contributed by atoms with van der Waals surface area (Å²) in [6.07, 6.45) is 6.64. The molecule has 3 nitrogen and oxygen atoms in total. The number of H-pyrrole nitrogens is 1. The van der Waals surface area contributed by atoms with E-state index in [-0.39, 0.29) is 0 Å². The van der Waals surface area contributed by atoms with E-state index < -0.39 is 0 Å². The number of aryl methyl sites for hydroxylation is 1. The van der Waals surface area contributed by atoms with Crippen LogP contribution < -0.4 is 5.32 Å². The number of aromatic amines is 1. The summed E-state index contributed by atoms with van der Waals surface area (Å²) in [5.41, 5.74) is 2.31. The van der Waals surface area contributed by atoms with Gasteiger partial charge in [-0.2, -0.15) is 0 Å². The van der Waals surface area contributed by atoms with Crippen LogP contribution >= 0.6 is 0 Å². The van der Waals surface area contributed by atoms with Crippen LogP contribution in [0.3, 0.4) is 0 Å². The van der Waals surface area contributed by atoms with E-state index in [0.29, 0.717) is 0 Å². The Morgan fingerprint density at radius 3 is 2.73 bits per heavy atom. The second kappa shape index (κ2) is 7.23. The largest absolute Gasteiger partial charge is 0.342 e. The molecule has 1 heterocycles. The molecule has 0 fully saturated rings. The maximum Gasteiger partial charge on any atom is 0.106 e. The van der Waals surface area contributed by atoms with Gasteiger partial charge >= 0.3 is 0 Å². The number of rotatable bonds is 7. The second-order valence-corrected chi connectivity index (χ2v) is 5.72. The number of nitrogens with zero attached hydrogens (tertiary/aromatic N) is 1. The van der Waals surface area contributed by atoms with Gasteiger partial charge in [0.2, 0.25) is 0 Å². The number of hydrogen-bond donors (Lipinski definition) is 2. The van der Waals surface area contributed by atoms with Crippen molar-refractivity contribution in [3.8, 4) is 11.3 Å². The molecule has 2 aromatic carbocycles. The summed E-state index contributed by atoms with van der Waals surface area (Å²) < 4.78 is 0. The first-order valence-electron chi connectivity index (χ1n) is 8.04. The molecule has 0 unspecified atom stereocenters. The summed E-state index contributed by atoms with van der Waals surface area (Å²) in [4.78, 5) is 7.98. The van der Waals surface area contributed by atoms with Gasteiger partial charge in [-0.05, 0) is 43.3 Å².